The molecule has 8 heteroatoms. The maximum Gasteiger partial charge on any atom is 0.373 e. The monoisotopic (exact) mass is 420 g/mol. The standard InChI is InChI=1S/C21H28N2O5S/c1-4-16(2)17-5-8-19(9-6-17)29(25,26)23-13-11-22(12-14-23)15-18-7-10-20(28-18)21(24)27-3/h5-10,16H,4,11-15H2,1-3H3/t16-/m1/s1. The number of benzene rings is 1. The Morgan fingerprint density at radius 2 is 1.76 bits per heavy atom. The van der Waals surface area contributed by atoms with Gasteiger partial charge in [0.1, 0.15) is 5.76 Å². The Kier molecular flexibility index (Phi) is 6.77. The van der Waals surface area contributed by atoms with Crippen molar-refractivity contribution in [3.05, 3.63) is 53.5 Å². The maximum atomic E-state index is 13.0. The van der Waals surface area contributed by atoms with Gasteiger partial charge in [-0.3, -0.25) is 4.90 Å². The number of nitrogens with zero attached hydrogens (tertiary/aromatic N) is 2. The number of carbonyl (C=O) groups excluding carboxylic acids is 1. The second-order valence-corrected chi connectivity index (χ2v) is 9.25. The Labute approximate surface area is 172 Å². The van der Waals surface area contributed by atoms with E-state index >= 15 is 0 Å². The fourth-order valence-electron chi connectivity index (χ4n) is 3.37. The molecule has 0 radical (unpaired) electrons. The Morgan fingerprint density at radius 3 is 2.34 bits per heavy atom. The van der Waals surface area contributed by atoms with Gasteiger partial charge in [0.05, 0.1) is 18.6 Å². The first-order valence-corrected chi connectivity index (χ1v) is 11.3. The van der Waals surface area contributed by atoms with Crippen molar-refractivity contribution >= 4 is 16.0 Å². The quantitative estimate of drug-likeness (QED) is 0.641. The lowest BCUT2D eigenvalue weighted by Crippen LogP contribution is -2.48. The molecule has 1 saturated heterocycles. The van der Waals surface area contributed by atoms with Gasteiger partial charge in [-0.2, -0.15) is 4.31 Å². The second-order valence-electron chi connectivity index (χ2n) is 7.32. The zero-order valence-electron chi connectivity index (χ0n) is 17.1. The highest BCUT2D eigenvalue weighted by Crippen LogP contribution is 2.23. The Morgan fingerprint density at radius 1 is 1.10 bits per heavy atom. The molecular weight excluding hydrogens is 392 g/mol. The van der Waals surface area contributed by atoms with Crippen LogP contribution in [0.4, 0.5) is 0 Å². The predicted octanol–water partition coefficient (Wildman–Crippen LogP) is 3.09. The van der Waals surface area contributed by atoms with Gasteiger partial charge in [-0.1, -0.05) is 26.0 Å². The molecule has 1 aromatic carbocycles. The summed E-state index contributed by atoms with van der Waals surface area (Å²) < 4.78 is 37.6. The highest BCUT2D eigenvalue weighted by Gasteiger charge is 2.29. The zero-order valence-corrected chi connectivity index (χ0v) is 17.9. The van der Waals surface area contributed by atoms with Gasteiger partial charge in [0.2, 0.25) is 15.8 Å². The Bertz CT molecular complexity index is 928. The van der Waals surface area contributed by atoms with Gasteiger partial charge in [0.15, 0.2) is 0 Å². The van der Waals surface area contributed by atoms with Gasteiger partial charge < -0.3 is 9.15 Å². The van der Waals surface area contributed by atoms with E-state index in [4.69, 9.17) is 4.42 Å². The molecule has 3 rings (SSSR count). The minimum Gasteiger partial charge on any atom is -0.463 e. The lowest BCUT2D eigenvalue weighted by atomic mass is 9.99. The van der Waals surface area contributed by atoms with Crippen LogP contribution in [0.3, 0.4) is 0 Å². The molecule has 0 aliphatic carbocycles. The molecule has 0 amide bonds. The molecule has 0 spiro atoms. The van der Waals surface area contributed by atoms with Crippen molar-refractivity contribution in [1.82, 2.24) is 9.21 Å². The molecule has 2 heterocycles. The van der Waals surface area contributed by atoms with Crippen LogP contribution in [-0.4, -0.2) is 56.9 Å². The first-order chi connectivity index (χ1) is 13.8. The lowest BCUT2D eigenvalue weighted by Gasteiger charge is -2.33. The van der Waals surface area contributed by atoms with Crippen molar-refractivity contribution in [3.8, 4) is 0 Å². The molecule has 2 aromatic rings. The van der Waals surface area contributed by atoms with E-state index in [2.05, 4.69) is 23.5 Å². The summed E-state index contributed by atoms with van der Waals surface area (Å²) in [6.07, 6.45) is 1.02. The summed E-state index contributed by atoms with van der Waals surface area (Å²) in [6.45, 7) is 6.80. The molecule has 1 aromatic heterocycles. The van der Waals surface area contributed by atoms with Crippen LogP contribution in [0.2, 0.25) is 0 Å². The van der Waals surface area contributed by atoms with Crippen molar-refractivity contribution in [2.45, 2.75) is 37.6 Å². The first kappa shape index (κ1) is 21.5. The Hall–Kier alpha value is -2.16. The minimum atomic E-state index is -3.50. The minimum absolute atomic E-state index is 0.171. The zero-order chi connectivity index (χ0) is 21.0. The molecule has 0 saturated carbocycles. The topological polar surface area (TPSA) is 80.1 Å². The summed E-state index contributed by atoms with van der Waals surface area (Å²) in [5.74, 6) is 0.731. The van der Waals surface area contributed by atoms with Crippen molar-refractivity contribution in [1.29, 1.82) is 0 Å². The number of hydrogen-bond donors (Lipinski definition) is 0. The molecule has 158 valence electrons. The van der Waals surface area contributed by atoms with Crippen LogP contribution in [-0.2, 0) is 21.3 Å². The van der Waals surface area contributed by atoms with Crippen LogP contribution in [0.5, 0.6) is 0 Å². The summed E-state index contributed by atoms with van der Waals surface area (Å²) in [5.41, 5.74) is 1.15. The summed E-state index contributed by atoms with van der Waals surface area (Å²) >= 11 is 0. The number of rotatable bonds is 7. The highest BCUT2D eigenvalue weighted by atomic mass is 32.2. The molecule has 1 aliphatic heterocycles. The Balaban J connectivity index is 1.59. The third-order valence-electron chi connectivity index (χ3n) is 5.46. The van der Waals surface area contributed by atoms with Gasteiger partial charge >= 0.3 is 5.97 Å². The van der Waals surface area contributed by atoms with E-state index in [1.807, 2.05) is 12.1 Å². The molecule has 0 bridgehead atoms. The number of esters is 1. The summed E-state index contributed by atoms with van der Waals surface area (Å²) in [4.78, 5) is 13.9. The molecule has 7 nitrogen and oxygen atoms in total. The largest absolute Gasteiger partial charge is 0.463 e. The van der Waals surface area contributed by atoms with E-state index in [1.165, 1.54) is 11.4 Å². The van der Waals surface area contributed by atoms with E-state index in [0.717, 1.165) is 12.0 Å². The third kappa shape index (κ3) is 4.88. The van der Waals surface area contributed by atoms with Gasteiger partial charge in [0.25, 0.3) is 0 Å². The molecule has 0 unspecified atom stereocenters. The van der Waals surface area contributed by atoms with Crippen LogP contribution >= 0.6 is 0 Å². The van der Waals surface area contributed by atoms with Crippen LogP contribution in [0.1, 0.15) is 48.1 Å². The normalized spacial score (nSPS) is 17.2. The van der Waals surface area contributed by atoms with Gasteiger partial charge in [-0.15, -0.1) is 0 Å². The average Bonchev–Trinajstić information content (AvgIpc) is 3.21. The van der Waals surface area contributed by atoms with Gasteiger partial charge in [0, 0.05) is 26.2 Å². The molecular formula is C21H28N2O5S. The number of piperazine rings is 1. The van der Waals surface area contributed by atoms with E-state index in [9.17, 15) is 13.2 Å². The van der Waals surface area contributed by atoms with E-state index in [-0.39, 0.29) is 5.76 Å². The molecule has 1 fully saturated rings. The predicted molar refractivity (Wildman–Crippen MR) is 109 cm³/mol. The van der Waals surface area contributed by atoms with Crippen molar-refractivity contribution in [2.75, 3.05) is 33.3 Å². The van der Waals surface area contributed by atoms with E-state index < -0.39 is 16.0 Å². The van der Waals surface area contributed by atoms with Crippen LogP contribution in [0.25, 0.3) is 0 Å². The van der Waals surface area contributed by atoms with Crippen LogP contribution in [0, 0.1) is 0 Å². The number of carbonyl (C=O) groups is 1. The third-order valence-corrected chi connectivity index (χ3v) is 7.37. The number of methoxy groups -OCH3 is 1. The lowest BCUT2D eigenvalue weighted by molar-refractivity contribution is 0.0560. The smallest absolute Gasteiger partial charge is 0.373 e. The van der Waals surface area contributed by atoms with Crippen LogP contribution in [0.15, 0.2) is 45.7 Å². The SMILES string of the molecule is CC[C@@H](C)c1ccc(S(=O)(=O)N2CCN(Cc3ccc(C(=O)OC)o3)CC2)cc1. The maximum absolute atomic E-state index is 13.0. The molecule has 29 heavy (non-hydrogen) atoms. The van der Waals surface area contributed by atoms with Crippen molar-refractivity contribution in [3.63, 3.8) is 0 Å². The van der Waals surface area contributed by atoms with E-state index in [1.54, 1.807) is 24.3 Å². The fraction of sp³-hybridized carbons (Fsp3) is 0.476. The molecule has 1 atom stereocenters. The summed E-state index contributed by atoms with van der Waals surface area (Å²) in [6, 6.07) is 10.6. The van der Waals surface area contributed by atoms with Crippen LogP contribution < -0.4 is 0 Å². The average molecular weight is 421 g/mol. The highest BCUT2D eigenvalue weighted by molar-refractivity contribution is 7.89. The first-order valence-electron chi connectivity index (χ1n) is 9.84. The summed E-state index contributed by atoms with van der Waals surface area (Å²) in [7, 11) is -2.19. The van der Waals surface area contributed by atoms with Crippen molar-refractivity contribution in [2.24, 2.45) is 0 Å². The number of ether oxygens (including phenoxy) is 1. The number of hydrogen-bond acceptors (Lipinski definition) is 6. The van der Waals surface area contributed by atoms with E-state index in [0.29, 0.717) is 49.3 Å². The number of sulfonamides is 1. The summed E-state index contributed by atoms with van der Waals surface area (Å²) in [5, 5.41) is 0. The van der Waals surface area contributed by atoms with Gasteiger partial charge in [-0.25, -0.2) is 13.2 Å². The number of furan rings is 1. The van der Waals surface area contributed by atoms with Crippen molar-refractivity contribution < 1.29 is 22.4 Å². The second kappa shape index (κ2) is 9.11. The van der Waals surface area contributed by atoms with Gasteiger partial charge in [-0.05, 0) is 42.2 Å². The fourth-order valence-corrected chi connectivity index (χ4v) is 4.80. The molecule has 1 aliphatic rings. The molecule has 0 N–H and O–H groups in total.